The Balaban J connectivity index is 1.56. The minimum absolute atomic E-state index is 0.0449. The number of nitrogens with zero attached hydrogens (tertiary/aromatic N) is 2. The van der Waals surface area contributed by atoms with Crippen LogP contribution in [0.4, 0.5) is 0 Å². The zero-order valence-electron chi connectivity index (χ0n) is 14.5. The van der Waals surface area contributed by atoms with Crippen molar-refractivity contribution >= 4 is 17.2 Å². The van der Waals surface area contributed by atoms with E-state index < -0.39 is 0 Å². The fourth-order valence-electron chi connectivity index (χ4n) is 3.03. The van der Waals surface area contributed by atoms with Gasteiger partial charge in [-0.05, 0) is 35.8 Å². The van der Waals surface area contributed by atoms with E-state index in [2.05, 4.69) is 22.5 Å². The van der Waals surface area contributed by atoms with Crippen molar-refractivity contribution in [3.05, 3.63) is 65.2 Å². The highest BCUT2D eigenvalue weighted by molar-refractivity contribution is 7.13. The van der Waals surface area contributed by atoms with Gasteiger partial charge in [-0.2, -0.15) is 5.10 Å². The molecule has 1 amide bonds. The zero-order valence-corrected chi connectivity index (χ0v) is 15.3. The van der Waals surface area contributed by atoms with Crippen LogP contribution in [0.25, 0.3) is 10.6 Å². The first-order valence-electron chi connectivity index (χ1n) is 8.90. The largest absolute Gasteiger partial charge is 0.350 e. The average molecular weight is 366 g/mol. The van der Waals surface area contributed by atoms with Gasteiger partial charge in [-0.3, -0.25) is 9.48 Å². The first-order valence-corrected chi connectivity index (χ1v) is 9.77. The molecule has 3 aromatic rings. The third-order valence-corrected chi connectivity index (χ3v) is 5.55. The van der Waals surface area contributed by atoms with E-state index in [1.807, 2.05) is 46.6 Å². The SMILES string of the molecule is NC(CNC(=O)c1cn(Cc2ccccc2)nc1-c1cccs1)C1CC1. The topological polar surface area (TPSA) is 72.9 Å². The van der Waals surface area contributed by atoms with E-state index in [-0.39, 0.29) is 11.9 Å². The Morgan fingerprint density at radius 3 is 2.77 bits per heavy atom. The van der Waals surface area contributed by atoms with Gasteiger partial charge in [0.05, 0.1) is 17.0 Å². The zero-order chi connectivity index (χ0) is 17.9. The molecule has 2 aromatic heterocycles. The number of amides is 1. The van der Waals surface area contributed by atoms with Crippen LogP contribution in [-0.4, -0.2) is 28.3 Å². The summed E-state index contributed by atoms with van der Waals surface area (Å²) < 4.78 is 1.83. The first-order chi connectivity index (χ1) is 12.7. The number of aromatic nitrogens is 2. The van der Waals surface area contributed by atoms with Crippen molar-refractivity contribution in [2.24, 2.45) is 11.7 Å². The maximum atomic E-state index is 12.8. The van der Waals surface area contributed by atoms with E-state index in [4.69, 9.17) is 5.73 Å². The van der Waals surface area contributed by atoms with Crippen LogP contribution in [0.5, 0.6) is 0 Å². The molecule has 134 valence electrons. The molecule has 1 fully saturated rings. The highest BCUT2D eigenvalue weighted by Gasteiger charge is 2.29. The van der Waals surface area contributed by atoms with Gasteiger partial charge in [-0.15, -0.1) is 11.3 Å². The summed E-state index contributed by atoms with van der Waals surface area (Å²) in [5.74, 6) is 0.455. The summed E-state index contributed by atoms with van der Waals surface area (Å²) in [5, 5.41) is 9.66. The summed E-state index contributed by atoms with van der Waals surface area (Å²) in [6.07, 6.45) is 4.18. The van der Waals surface area contributed by atoms with Crippen LogP contribution in [0.1, 0.15) is 28.8 Å². The smallest absolute Gasteiger partial charge is 0.255 e. The fourth-order valence-corrected chi connectivity index (χ4v) is 3.75. The van der Waals surface area contributed by atoms with E-state index in [1.165, 1.54) is 12.8 Å². The van der Waals surface area contributed by atoms with E-state index in [0.717, 1.165) is 16.1 Å². The lowest BCUT2D eigenvalue weighted by Crippen LogP contribution is -2.38. The molecule has 0 bridgehead atoms. The molecular formula is C20H22N4OS. The number of rotatable bonds is 7. The van der Waals surface area contributed by atoms with Crippen LogP contribution in [0.2, 0.25) is 0 Å². The highest BCUT2D eigenvalue weighted by atomic mass is 32.1. The molecule has 1 unspecified atom stereocenters. The summed E-state index contributed by atoms with van der Waals surface area (Å²) in [4.78, 5) is 13.8. The lowest BCUT2D eigenvalue weighted by atomic mass is 10.1. The highest BCUT2D eigenvalue weighted by Crippen LogP contribution is 2.31. The lowest BCUT2D eigenvalue weighted by molar-refractivity contribution is 0.0951. The number of hydrogen-bond donors (Lipinski definition) is 2. The van der Waals surface area contributed by atoms with Crippen molar-refractivity contribution in [2.45, 2.75) is 25.4 Å². The average Bonchev–Trinajstić information content (AvgIpc) is 3.20. The van der Waals surface area contributed by atoms with Crippen molar-refractivity contribution in [1.29, 1.82) is 0 Å². The Morgan fingerprint density at radius 2 is 2.08 bits per heavy atom. The quantitative estimate of drug-likeness (QED) is 0.675. The number of carbonyl (C=O) groups is 1. The molecule has 6 heteroatoms. The predicted molar refractivity (Wildman–Crippen MR) is 104 cm³/mol. The van der Waals surface area contributed by atoms with E-state index >= 15 is 0 Å². The van der Waals surface area contributed by atoms with Crippen LogP contribution < -0.4 is 11.1 Å². The number of thiophene rings is 1. The number of nitrogens with one attached hydrogen (secondary N) is 1. The Kier molecular flexibility index (Phi) is 4.86. The Bertz CT molecular complexity index is 869. The fraction of sp³-hybridized carbons (Fsp3) is 0.300. The number of benzene rings is 1. The van der Waals surface area contributed by atoms with Gasteiger partial charge >= 0.3 is 0 Å². The Hall–Kier alpha value is -2.44. The molecular weight excluding hydrogens is 344 g/mol. The lowest BCUT2D eigenvalue weighted by Gasteiger charge is -2.11. The molecule has 0 radical (unpaired) electrons. The van der Waals surface area contributed by atoms with Crippen molar-refractivity contribution in [1.82, 2.24) is 15.1 Å². The molecule has 1 atom stereocenters. The van der Waals surface area contributed by atoms with E-state index in [0.29, 0.717) is 24.6 Å². The Labute approximate surface area is 156 Å². The monoisotopic (exact) mass is 366 g/mol. The van der Waals surface area contributed by atoms with Crippen LogP contribution in [0, 0.1) is 5.92 Å². The molecule has 5 nitrogen and oxygen atoms in total. The van der Waals surface area contributed by atoms with Gasteiger partial charge in [0.25, 0.3) is 5.91 Å². The Morgan fingerprint density at radius 1 is 1.27 bits per heavy atom. The van der Waals surface area contributed by atoms with Gasteiger partial charge in [0.15, 0.2) is 0 Å². The number of carbonyl (C=O) groups excluding carboxylic acids is 1. The second-order valence-electron chi connectivity index (χ2n) is 6.76. The predicted octanol–water partition coefficient (Wildman–Crippen LogP) is 3.13. The minimum Gasteiger partial charge on any atom is -0.350 e. The minimum atomic E-state index is -0.108. The third kappa shape index (κ3) is 3.86. The number of nitrogens with two attached hydrogens (primary N) is 1. The summed E-state index contributed by atoms with van der Waals surface area (Å²) in [6, 6.07) is 14.1. The van der Waals surface area contributed by atoms with Gasteiger partial charge in [-0.25, -0.2) is 0 Å². The van der Waals surface area contributed by atoms with Gasteiger partial charge in [0.1, 0.15) is 5.69 Å². The van der Waals surface area contributed by atoms with Crippen molar-refractivity contribution in [2.75, 3.05) is 6.54 Å². The normalized spacial score (nSPS) is 15.0. The molecule has 1 saturated carbocycles. The standard InChI is InChI=1S/C20H22N4OS/c21-17(15-8-9-15)11-22-20(25)16-13-24(12-14-5-2-1-3-6-14)23-19(16)18-7-4-10-26-18/h1-7,10,13,15,17H,8-9,11-12,21H2,(H,22,25). The van der Waals surface area contributed by atoms with E-state index in [9.17, 15) is 4.79 Å². The van der Waals surface area contributed by atoms with Crippen molar-refractivity contribution in [3.8, 4) is 10.6 Å². The summed E-state index contributed by atoms with van der Waals surface area (Å²) in [6.45, 7) is 1.14. The second-order valence-corrected chi connectivity index (χ2v) is 7.71. The molecule has 1 aromatic carbocycles. The number of hydrogen-bond acceptors (Lipinski definition) is 4. The maximum absolute atomic E-state index is 12.8. The third-order valence-electron chi connectivity index (χ3n) is 4.67. The van der Waals surface area contributed by atoms with Gasteiger partial charge in [-0.1, -0.05) is 36.4 Å². The molecule has 2 heterocycles. The van der Waals surface area contributed by atoms with Crippen molar-refractivity contribution in [3.63, 3.8) is 0 Å². The molecule has 4 rings (SSSR count). The molecule has 1 aliphatic rings. The van der Waals surface area contributed by atoms with E-state index in [1.54, 1.807) is 11.3 Å². The maximum Gasteiger partial charge on any atom is 0.255 e. The van der Waals surface area contributed by atoms with Crippen LogP contribution in [-0.2, 0) is 6.54 Å². The summed E-state index contributed by atoms with van der Waals surface area (Å²) >= 11 is 1.59. The molecule has 0 spiro atoms. The molecule has 1 aliphatic carbocycles. The van der Waals surface area contributed by atoms with Crippen molar-refractivity contribution < 1.29 is 4.79 Å². The summed E-state index contributed by atoms with van der Waals surface area (Å²) in [5.41, 5.74) is 8.59. The molecule has 0 saturated heterocycles. The van der Waals surface area contributed by atoms with Crippen LogP contribution in [0.3, 0.4) is 0 Å². The van der Waals surface area contributed by atoms with Gasteiger partial charge in [0, 0.05) is 18.8 Å². The van der Waals surface area contributed by atoms with Gasteiger partial charge in [0.2, 0.25) is 0 Å². The molecule has 0 aliphatic heterocycles. The van der Waals surface area contributed by atoms with Gasteiger partial charge < -0.3 is 11.1 Å². The molecule has 3 N–H and O–H groups in total. The van der Waals surface area contributed by atoms with Crippen LogP contribution in [0.15, 0.2) is 54.0 Å². The summed E-state index contributed by atoms with van der Waals surface area (Å²) in [7, 11) is 0. The molecule has 26 heavy (non-hydrogen) atoms. The first kappa shape index (κ1) is 17.0. The van der Waals surface area contributed by atoms with Crippen LogP contribution >= 0.6 is 11.3 Å². The second kappa shape index (κ2) is 7.43.